The van der Waals surface area contributed by atoms with Crippen LogP contribution >= 0.6 is 0 Å². The number of amides is 2. The molecule has 2 aromatic rings. The smallest absolute Gasteiger partial charge is 0.270 e. The lowest BCUT2D eigenvalue weighted by Gasteiger charge is -2.08. The van der Waals surface area contributed by atoms with Crippen LogP contribution in [-0.4, -0.2) is 23.3 Å². The third kappa shape index (κ3) is 3.78. The third-order valence-corrected chi connectivity index (χ3v) is 2.95. The quantitative estimate of drug-likeness (QED) is 0.652. The molecule has 0 bridgehead atoms. The molecule has 0 spiro atoms. The van der Waals surface area contributed by atoms with E-state index in [4.69, 9.17) is 0 Å². The van der Waals surface area contributed by atoms with Gasteiger partial charge in [0, 0.05) is 18.3 Å². The Morgan fingerprint density at radius 3 is 2.58 bits per heavy atom. The average Bonchev–Trinajstić information content (AvgIpc) is 2.60. The Morgan fingerprint density at radius 2 is 1.88 bits per heavy atom. The second-order valence-electron chi connectivity index (χ2n) is 4.61. The number of carbonyl (C=O) groups excluding carboxylic acids is 2. The van der Waals surface area contributed by atoms with Gasteiger partial charge >= 0.3 is 0 Å². The number of aromatic nitrogens is 1. The second-order valence-corrected chi connectivity index (χ2v) is 4.61. The summed E-state index contributed by atoms with van der Waals surface area (Å²) in [5, 5.41) is 4.59. The zero-order valence-electron chi connectivity index (χ0n) is 12.3. The maximum absolute atomic E-state index is 13.6. The van der Waals surface area contributed by atoms with Gasteiger partial charge in [-0.05, 0) is 24.3 Å². The fourth-order valence-corrected chi connectivity index (χ4v) is 1.77. The van der Waals surface area contributed by atoms with Gasteiger partial charge in [-0.25, -0.2) is 13.2 Å². The third-order valence-electron chi connectivity index (χ3n) is 2.95. The Labute approximate surface area is 135 Å². The molecule has 0 atom stereocenters. The van der Waals surface area contributed by atoms with E-state index in [1.54, 1.807) is 0 Å². The highest BCUT2D eigenvalue weighted by molar-refractivity contribution is 6.05. The minimum atomic E-state index is -1.69. The minimum absolute atomic E-state index is 0.00196. The number of rotatable bonds is 5. The number of halogens is 3. The number of nitrogens with one attached hydrogen (secondary N) is 2. The lowest BCUT2D eigenvalue weighted by atomic mass is 10.2. The van der Waals surface area contributed by atoms with Crippen LogP contribution in [-0.2, 0) is 0 Å². The average molecular weight is 335 g/mol. The molecule has 0 aliphatic heterocycles. The molecule has 0 fully saturated rings. The molecule has 2 N–H and O–H groups in total. The molecular weight excluding hydrogens is 323 g/mol. The first-order chi connectivity index (χ1) is 11.4. The van der Waals surface area contributed by atoms with Gasteiger partial charge < -0.3 is 10.6 Å². The predicted octanol–water partition coefficient (Wildman–Crippen LogP) is 2.67. The van der Waals surface area contributed by atoms with E-state index in [-0.39, 0.29) is 17.8 Å². The van der Waals surface area contributed by atoms with Crippen LogP contribution in [0.4, 0.5) is 18.9 Å². The first-order valence-corrected chi connectivity index (χ1v) is 6.74. The highest BCUT2D eigenvalue weighted by Gasteiger charge is 2.17. The van der Waals surface area contributed by atoms with Gasteiger partial charge in [0.2, 0.25) is 0 Å². The van der Waals surface area contributed by atoms with Crippen molar-refractivity contribution in [1.29, 1.82) is 0 Å². The summed E-state index contributed by atoms with van der Waals surface area (Å²) < 4.78 is 39.6. The Hall–Kier alpha value is -3.16. The van der Waals surface area contributed by atoms with Crippen molar-refractivity contribution in [1.82, 2.24) is 10.3 Å². The van der Waals surface area contributed by atoms with E-state index >= 15 is 0 Å². The number of hydrogen-bond acceptors (Lipinski definition) is 3. The Morgan fingerprint density at radius 1 is 1.12 bits per heavy atom. The summed E-state index contributed by atoms with van der Waals surface area (Å²) in [7, 11) is 0. The maximum atomic E-state index is 13.6. The predicted molar refractivity (Wildman–Crippen MR) is 81.0 cm³/mol. The van der Waals surface area contributed by atoms with Crippen LogP contribution in [0.1, 0.15) is 20.8 Å². The van der Waals surface area contributed by atoms with Crippen LogP contribution in [0.3, 0.4) is 0 Å². The normalized spacial score (nSPS) is 10.1. The van der Waals surface area contributed by atoms with E-state index < -0.39 is 35.0 Å². The van der Waals surface area contributed by atoms with Gasteiger partial charge in [0.05, 0.1) is 5.69 Å². The van der Waals surface area contributed by atoms with Crippen molar-refractivity contribution >= 4 is 17.5 Å². The van der Waals surface area contributed by atoms with Crippen molar-refractivity contribution in [3.63, 3.8) is 0 Å². The first-order valence-electron chi connectivity index (χ1n) is 6.74. The molecule has 8 heteroatoms. The molecule has 24 heavy (non-hydrogen) atoms. The van der Waals surface area contributed by atoms with Gasteiger partial charge in [0.25, 0.3) is 11.8 Å². The highest BCUT2D eigenvalue weighted by Crippen LogP contribution is 2.20. The van der Waals surface area contributed by atoms with Crippen LogP contribution in [0, 0.1) is 17.5 Å². The molecule has 2 rings (SSSR count). The fourth-order valence-electron chi connectivity index (χ4n) is 1.77. The molecule has 1 aromatic heterocycles. The lowest BCUT2D eigenvalue weighted by molar-refractivity contribution is 0.0953. The molecule has 0 unspecified atom stereocenters. The summed E-state index contributed by atoms with van der Waals surface area (Å²) in [5.74, 6) is -5.90. The van der Waals surface area contributed by atoms with Gasteiger partial charge in [-0.15, -0.1) is 6.58 Å². The lowest BCUT2D eigenvalue weighted by Crippen LogP contribution is -2.25. The molecule has 0 saturated carbocycles. The monoisotopic (exact) mass is 335 g/mol. The molecule has 1 aromatic carbocycles. The van der Waals surface area contributed by atoms with E-state index in [9.17, 15) is 22.8 Å². The van der Waals surface area contributed by atoms with E-state index in [2.05, 4.69) is 22.2 Å². The summed E-state index contributed by atoms with van der Waals surface area (Å²) in [6, 6.07) is 4.06. The van der Waals surface area contributed by atoms with Crippen molar-refractivity contribution in [3.05, 3.63) is 71.8 Å². The van der Waals surface area contributed by atoms with Crippen molar-refractivity contribution in [2.45, 2.75) is 0 Å². The molecule has 0 saturated heterocycles. The Kier molecular flexibility index (Phi) is 5.31. The summed E-state index contributed by atoms with van der Waals surface area (Å²) in [6.07, 6.45) is 2.69. The fraction of sp³-hybridized carbons (Fsp3) is 0.0625. The van der Waals surface area contributed by atoms with E-state index in [1.807, 2.05) is 0 Å². The molecule has 5 nitrogen and oxygen atoms in total. The number of hydrogen-bond donors (Lipinski definition) is 2. The van der Waals surface area contributed by atoms with Crippen molar-refractivity contribution in [2.24, 2.45) is 0 Å². The van der Waals surface area contributed by atoms with Crippen LogP contribution < -0.4 is 10.6 Å². The minimum Gasteiger partial charge on any atom is -0.347 e. The number of benzene rings is 1. The summed E-state index contributed by atoms with van der Waals surface area (Å²) in [5.41, 5.74) is -0.554. The SMILES string of the molecule is C=CCNC(=O)c1cc(C(=O)Nc2ccc(F)c(F)c2F)ccn1. The molecule has 2 amide bonds. The van der Waals surface area contributed by atoms with Gasteiger partial charge in [0.1, 0.15) is 5.69 Å². The Bertz CT molecular complexity index is 809. The van der Waals surface area contributed by atoms with Crippen molar-refractivity contribution in [2.75, 3.05) is 11.9 Å². The molecule has 0 aliphatic carbocycles. The van der Waals surface area contributed by atoms with E-state index in [0.717, 1.165) is 6.07 Å². The maximum Gasteiger partial charge on any atom is 0.270 e. The standard InChI is InChI=1S/C16H12F3N3O2/c1-2-6-21-16(24)12-8-9(5-7-20-12)15(23)22-11-4-3-10(17)13(18)14(11)19/h2-5,7-8H,1,6H2,(H,21,24)(H,22,23). The van der Waals surface area contributed by atoms with Gasteiger partial charge in [-0.1, -0.05) is 6.08 Å². The topological polar surface area (TPSA) is 71.1 Å². The van der Waals surface area contributed by atoms with Crippen LogP contribution in [0.5, 0.6) is 0 Å². The summed E-state index contributed by atoms with van der Waals surface area (Å²) in [6.45, 7) is 3.67. The summed E-state index contributed by atoms with van der Waals surface area (Å²) >= 11 is 0. The first kappa shape index (κ1) is 17.2. The van der Waals surface area contributed by atoms with Gasteiger partial charge in [-0.2, -0.15) is 0 Å². The van der Waals surface area contributed by atoms with Crippen LogP contribution in [0.2, 0.25) is 0 Å². The van der Waals surface area contributed by atoms with Gasteiger partial charge in [0.15, 0.2) is 17.5 Å². The number of carbonyl (C=O) groups is 2. The van der Waals surface area contributed by atoms with E-state index in [0.29, 0.717) is 6.07 Å². The Balaban J connectivity index is 2.20. The van der Waals surface area contributed by atoms with E-state index in [1.165, 1.54) is 24.4 Å². The number of anilines is 1. The largest absolute Gasteiger partial charge is 0.347 e. The summed E-state index contributed by atoms with van der Waals surface area (Å²) in [4.78, 5) is 27.7. The van der Waals surface area contributed by atoms with Gasteiger partial charge in [-0.3, -0.25) is 14.6 Å². The highest BCUT2D eigenvalue weighted by atomic mass is 19.2. The van der Waals surface area contributed by atoms with Crippen LogP contribution in [0.15, 0.2) is 43.1 Å². The molecular formula is C16H12F3N3O2. The zero-order valence-corrected chi connectivity index (χ0v) is 12.3. The van der Waals surface area contributed by atoms with Crippen molar-refractivity contribution in [3.8, 4) is 0 Å². The second kappa shape index (κ2) is 7.40. The molecule has 124 valence electrons. The number of pyridine rings is 1. The van der Waals surface area contributed by atoms with Crippen LogP contribution in [0.25, 0.3) is 0 Å². The molecule has 1 heterocycles. The van der Waals surface area contributed by atoms with Crippen molar-refractivity contribution < 1.29 is 22.8 Å². The zero-order chi connectivity index (χ0) is 17.7. The molecule has 0 radical (unpaired) electrons. The number of nitrogens with zero attached hydrogens (tertiary/aromatic N) is 1. The molecule has 0 aliphatic rings.